The molecule has 34 heavy (non-hydrogen) atoms. The molecule has 0 spiro atoms. The summed E-state index contributed by atoms with van der Waals surface area (Å²) < 4.78 is 5.66. The van der Waals surface area contributed by atoms with Crippen molar-refractivity contribution in [1.82, 2.24) is 19.9 Å². The fourth-order valence-electron chi connectivity index (χ4n) is 6.30. The van der Waals surface area contributed by atoms with Crippen molar-refractivity contribution < 1.29 is 19.1 Å². The Hall–Kier alpha value is -3.81. The van der Waals surface area contributed by atoms with E-state index in [1.54, 1.807) is 6.07 Å². The fourth-order valence-corrected chi connectivity index (χ4v) is 6.30. The van der Waals surface area contributed by atoms with Crippen LogP contribution in [-0.4, -0.2) is 44.2 Å². The Morgan fingerprint density at radius 2 is 1.59 bits per heavy atom. The molecule has 8 rings (SSSR count). The molecule has 8 heteroatoms. The van der Waals surface area contributed by atoms with Gasteiger partial charge in [0.1, 0.15) is 23.3 Å². The van der Waals surface area contributed by atoms with Crippen LogP contribution in [0.3, 0.4) is 0 Å². The SMILES string of the molecule is Cc1ccc(OC(=O)CN2C(=O)[C@@H]3[C@H]4C=C[C@@H]([C@@H]5C[C@@H]45)[C@H]3C2=O)c(-n2nc3ccccc3n2)c1. The highest BCUT2D eigenvalue weighted by Crippen LogP contribution is 2.65. The average Bonchev–Trinajstić information content (AvgIpc) is 3.50. The quantitative estimate of drug-likeness (QED) is 0.260. The second kappa shape index (κ2) is 6.85. The molecule has 0 unspecified atom stereocenters. The first-order chi connectivity index (χ1) is 16.5. The van der Waals surface area contributed by atoms with Gasteiger partial charge in [-0.2, -0.15) is 0 Å². The third kappa shape index (κ3) is 2.74. The summed E-state index contributed by atoms with van der Waals surface area (Å²) in [7, 11) is 0. The van der Waals surface area contributed by atoms with E-state index in [0.29, 0.717) is 17.5 Å². The van der Waals surface area contributed by atoms with E-state index >= 15 is 0 Å². The Kier molecular flexibility index (Phi) is 3.96. The molecule has 2 bridgehead atoms. The summed E-state index contributed by atoms with van der Waals surface area (Å²) in [6.45, 7) is 1.54. The van der Waals surface area contributed by atoms with E-state index in [0.717, 1.165) is 27.9 Å². The molecule has 2 amide bonds. The summed E-state index contributed by atoms with van der Waals surface area (Å²) >= 11 is 0. The molecule has 3 aromatic rings. The van der Waals surface area contributed by atoms with Crippen molar-refractivity contribution in [2.24, 2.45) is 35.5 Å². The topological polar surface area (TPSA) is 94.4 Å². The van der Waals surface area contributed by atoms with Gasteiger partial charge < -0.3 is 4.74 Å². The van der Waals surface area contributed by atoms with Crippen molar-refractivity contribution in [3.63, 3.8) is 0 Å². The number of allylic oxidation sites excluding steroid dienone is 2. The predicted octanol–water partition coefficient (Wildman–Crippen LogP) is 2.69. The molecule has 2 aromatic carbocycles. The molecule has 2 saturated carbocycles. The molecular formula is C26H22N4O4. The van der Waals surface area contributed by atoms with Gasteiger partial charge in [-0.05, 0) is 66.8 Å². The number of amides is 2. The number of imide groups is 1. The van der Waals surface area contributed by atoms with Crippen molar-refractivity contribution in [2.45, 2.75) is 13.3 Å². The molecule has 1 aromatic heterocycles. The Morgan fingerprint density at radius 1 is 0.971 bits per heavy atom. The Bertz CT molecular complexity index is 1360. The van der Waals surface area contributed by atoms with Crippen LogP contribution in [0.4, 0.5) is 0 Å². The predicted molar refractivity (Wildman–Crippen MR) is 121 cm³/mol. The van der Waals surface area contributed by atoms with E-state index in [4.69, 9.17) is 4.74 Å². The van der Waals surface area contributed by atoms with Crippen LogP contribution in [0.15, 0.2) is 54.6 Å². The number of benzene rings is 2. The highest BCUT2D eigenvalue weighted by molar-refractivity contribution is 6.08. The minimum absolute atomic E-state index is 0.126. The van der Waals surface area contributed by atoms with E-state index in [1.165, 1.54) is 4.80 Å². The minimum atomic E-state index is -0.660. The second-order valence-electron chi connectivity index (χ2n) is 9.84. The summed E-state index contributed by atoms with van der Waals surface area (Å²) in [4.78, 5) is 41.8. The van der Waals surface area contributed by atoms with Crippen LogP contribution in [0.2, 0.25) is 0 Å². The molecule has 4 aliphatic carbocycles. The number of hydrogen-bond donors (Lipinski definition) is 0. The van der Waals surface area contributed by atoms with E-state index in [2.05, 4.69) is 22.3 Å². The fraction of sp³-hybridized carbons (Fsp3) is 0.346. The van der Waals surface area contributed by atoms with E-state index in [1.807, 2.05) is 43.3 Å². The van der Waals surface area contributed by atoms with Gasteiger partial charge in [0, 0.05) is 0 Å². The number of carbonyl (C=O) groups excluding carboxylic acids is 3. The summed E-state index contributed by atoms with van der Waals surface area (Å²) in [6.07, 6.45) is 5.34. The van der Waals surface area contributed by atoms with Gasteiger partial charge in [-0.3, -0.25) is 14.5 Å². The van der Waals surface area contributed by atoms with E-state index in [9.17, 15) is 14.4 Å². The first-order valence-electron chi connectivity index (χ1n) is 11.7. The highest BCUT2D eigenvalue weighted by atomic mass is 16.5. The van der Waals surface area contributed by atoms with Crippen LogP contribution in [-0.2, 0) is 14.4 Å². The molecule has 1 aliphatic heterocycles. The van der Waals surface area contributed by atoms with Gasteiger partial charge in [0.05, 0.1) is 11.8 Å². The normalized spacial score (nSPS) is 30.6. The maximum absolute atomic E-state index is 13.2. The van der Waals surface area contributed by atoms with Gasteiger partial charge >= 0.3 is 5.97 Å². The van der Waals surface area contributed by atoms with Crippen molar-refractivity contribution in [2.75, 3.05) is 6.54 Å². The van der Waals surface area contributed by atoms with Gasteiger partial charge in [-0.15, -0.1) is 15.0 Å². The number of carbonyl (C=O) groups is 3. The number of esters is 1. The molecule has 5 aliphatic rings. The van der Waals surface area contributed by atoms with Crippen LogP contribution in [0.25, 0.3) is 16.7 Å². The standard InChI is InChI=1S/C26H22N4O4/c1-13-6-9-21(20(10-13)30-27-18-4-2-3-5-19(18)28-30)34-22(31)12-29-25(32)23-14-7-8-15(17-11-16(14)17)24(23)26(29)33/h2-10,14-17,23-24H,11-12H2,1H3/t14-,15-,16-,17-,23+,24+/m0/s1. The van der Waals surface area contributed by atoms with Crippen LogP contribution >= 0.6 is 0 Å². The lowest BCUT2D eigenvalue weighted by Gasteiger charge is -2.37. The molecule has 0 N–H and O–H groups in total. The summed E-state index contributed by atoms with van der Waals surface area (Å²) in [5.41, 5.74) is 2.91. The van der Waals surface area contributed by atoms with Gasteiger partial charge in [0.15, 0.2) is 5.75 Å². The highest BCUT2D eigenvalue weighted by Gasteiger charge is 2.67. The first-order valence-corrected chi connectivity index (χ1v) is 11.7. The molecular weight excluding hydrogens is 432 g/mol. The summed E-state index contributed by atoms with van der Waals surface area (Å²) in [6, 6.07) is 12.8. The Balaban J connectivity index is 1.14. The number of aryl methyl sites for hydroxylation is 1. The van der Waals surface area contributed by atoms with Crippen LogP contribution in [0, 0.1) is 42.4 Å². The van der Waals surface area contributed by atoms with E-state index < -0.39 is 5.97 Å². The molecule has 1 saturated heterocycles. The van der Waals surface area contributed by atoms with Gasteiger partial charge in [-0.25, -0.2) is 4.79 Å². The lowest BCUT2D eigenvalue weighted by atomic mass is 9.63. The molecule has 0 radical (unpaired) electrons. The maximum Gasteiger partial charge on any atom is 0.331 e. The lowest BCUT2D eigenvalue weighted by molar-refractivity contribution is -0.148. The monoisotopic (exact) mass is 454 g/mol. The van der Waals surface area contributed by atoms with Gasteiger partial charge in [-0.1, -0.05) is 30.4 Å². The zero-order valence-electron chi connectivity index (χ0n) is 18.5. The second-order valence-corrected chi connectivity index (χ2v) is 9.84. The minimum Gasteiger partial charge on any atom is -0.423 e. The maximum atomic E-state index is 13.2. The van der Waals surface area contributed by atoms with Crippen molar-refractivity contribution in [1.29, 1.82) is 0 Å². The molecule has 2 heterocycles. The number of aromatic nitrogens is 3. The molecule has 8 nitrogen and oxygen atoms in total. The van der Waals surface area contributed by atoms with Gasteiger partial charge in [0.25, 0.3) is 0 Å². The number of likely N-dealkylation sites (tertiary alicyclic amines) is 1. The Morgan fingerprint density at radius 3 is 2.21 bits per heavy atom. The largest absolute Gasteiger partial charge is 0.423 e. The van der Waals surface area contributed by atoms with E-state index in [-0.39, 0.29) is 47.8 Å². The summed E-state index contributed by atoms with van der Waals surface area (Å²) in [5.74, 6) is -0.212. The zero-order valence-corrected chi connectivity index (χ0v) is 18.5. The molecule has 3 fully saturated rings. The Labute approximate surface area is 195 Å². The zero-order chi connectivity index (χ0) is 23.1. The first kappa shape index (κ1) is 19.6. The van der Waals surface area contributed by atoms with Crippen molar-refractivity contribution >= 4 is 28.8 Å². The molecule has 6 atom stereocenters. The van der Waals surface area contributed by atoms with Crippen molar-refractivity contribution in [3.8, 4) is 11.4 Å². The molecule has 170 valence electrons. The van der Waals surface area contributed by atoms with Crippen LogP contribution < -0.4 is 4.74 Å². The number of rotatable bonds is 4. The van der Waals surface area contributed by atoms with Gasteiger partial charge in [0.2, 0.25) is 11.8 Å². The van der Waals surface area contributed by atoms with Crippen LogP contribution in [0.5, 0.6) is 5.75 Å². The van der Waals surface area contributed by atoms with Crippen molar-refractivity contribution in [3.05, 3.63) is 60.2 Å². The summed E-state index contributed by atoms with van der Waals surface area (Å²) in [5, 5.41) is 8.98. The van der Waals surface area contributed by atoms with Crippen LogP contribution in [0.1, 0.15) is 12.0 Å². The number of nitrogens with zero attached hydrogens (tertiary/aromatic N) is 4. The lowest BCUT2D eigenvalue weighted by Crippen LogP contribution is -2.40. The third-order valence-electron chi connectivity index (χ3n) is 7.88. The third-order valence-corrected chi connectivity index (χ3v) is 7.88. The number of fused-ring (bicyclic) bond motifs is 1. The average molecular weight is 454 g/mol. The smallest absolute Gasteiger partial charge is 0.331 e. The number of hydrogen-bond acceptors (Lipinski definition) is 6. The number of ether oxygens (including phenoxy) is 1.